The number of carbonyl (C=O) groups is 1. The van der Waals surface area contributed by atoms with Crippen LogP contribution < -0.4 is 11.1 Å². The maximum Gasteiger partial charge on any atom is 0.226 e. The van der Waals surface area contributed by atoms with Crippen molar-refractivity contribution in [1.82, 2.24) is 0 Å². The van der Waals surface area contributed by atoms with Crippen LogP contribution in [0.25, 0.3) is 0 Å². The maximum atomic E-state index is 11.8. The highest BCUT2D eigenvalue weighted by atomic mass is 35.5. The third kappa shape index (κ3) is 3.89. The Morgan fingerprint density at radius 3 is 3.00 bits per heavy atom. The molecule has 0 radical (unpaired) electrons. The molecule has 1 aromatic rings. The molecule has 1 aliphatic rings. The van der Waals surface area contributed by atoms with E-state index in [1.54, 1.807) is 6.07 Å². The lowest BCUT2D eigenvalue weighted by atomic mass is 10.1. The summed E-state index contributed by atoms with van der Waals surface area (Å²) in [5, 5.41) is 2.88. The van der Waals surface area contributed by atoms with Crippen molar-refractivity contribution in [2.24, 2.45) is 0 Å². The van der Waals surface area contributed by atoms with Gasteiger partial charge < -0.3 is 15.8 Å². The Morgan fingerprint density at radius 2 is 2.33 bits per heavy atom. The molecule has 1 unspecified atom stereocenters. The minimum Gasteiger partial charge on any atom is -0.399 e. The number of ether oxygens (including phenoxy) is 1. The highest BCUT2D eigenvalue weighted by Gasteiger charge is 2.19. The van der Waals surface area contributed by atoms with Crippen LogP contribution in [0.15, 0.2) is 18.2 Å². The van der Waals surface area contributed by atoms with Gasteiger partial charge in [-0.2, -0.15) is 0 Å². The monoisotopic (exact) mass is 270 g/mol. The highest BCUT2D eigenvalue weighted by molar-refractivity contribution is 5.92. The zero-order valence-corrected chi connectivity index (χ0v) is 11.3. The summed E-state index contributed by atoms with van der Waals surface area (Å²) in [6, 6.07) is 5.50. The number of rotatable bonds is 3. The van der Waals surface area contributed by atoms with Gasteiger partial charge in [0.1, 0.15) is 0 Å². The molecule has 1 heterocycles. The first-order valence-corrected chi connectivity index (χ1v) is 5.93. The Labute approximate surface area is 113 Å². The van der Waals surface area contributed by atoms with E-state index in [4.69, 9.17) is 10.5 Å². The molecule has 0 aliphatic carbocycles. The van der Waals surface area contributed by atoms with Crippen molar-refractivity contribution in [2.45, 2.75) is 32.3 Å². The molecule has 0 saturated carbocycles. The lowest BCUT2D eigenvalue weighted by molar-refractivity contribution is -0.118. The summed E-state index contributed by atoms with van der Waals surface area (Å²) >= 11 is 0. The van der Waals surface area contributed by atoms with Gasteiger partial charge in [-0.15, -0.1) is 12.4 Å². The predicted molar refractivity (Wildman–Crippen MR) is 75.1 cm³/mol. The molecule has 1 aliphatic heterocycles. The summed E-state index contributed by atoms with van der Waals surface area (Å²) in [6.07, 6.45) is 2.53. The molecular formula is C13H19ClN2O2. The Kier molecular flexibility index (Phi) is 5.44. The molecule has 18 heavy (non-hydrogen) atoms. The summed E-state index contributed by atoms with van der Waals surface area (Å²) in [5.41, 5.74) is 8.15. The molecule has 0 aromatic heterocycles. The molecule has 2 rings (SSSR count). The zero-order valence-electron chi connectivity index (χ0n) is 10.4. The molecule has 1 atom stereocenters. The van der Waals surface area contributed by atoms with Crippen LogP contribution in [-0.4, -0.2) is 18.6 Å². The number of hydrogen-bond donors (Lipinski definition) is 2. The number of benzene rings is 1. The number of halogens is 1. The second-order valence-electron chi connectivity index (χ2n) is 4.46. The van der Waals surface area contributed by atoms with Crippen LogP contribution in [0, 0.1) is 6.92 Å². The molecule has 5 heteroatoms. The number of nitrogens with one attached hydrogen (secondary N) is 1. The van der Waals surface area contributed by atoms with E-state index in [-0.39, 0.29) is 24.4 Å². The van der Waals surface area contributed by atoms with Gasteiger partial charge in [0.2, 0.25) is 5.91 Å². The number of amides is 1. The van der Waals surface area contributed by atoms with Gasteiger partial charge in [-0.25, -0.2) is 0 Å². The molecule has 1 aromatic carbocycles. The Bertz CT molecular complexity index is 417. The van der Waals surface area contributed by atoms with E-state index >= 15 is 0 Å². The average molecular weight is 271 g/mol. The molecule has 0 spiro atoms. The van der Waals surface area contributed by atoms with Crippen molar-refractivity contribution >= 4 is 29.7 Å². The van der Waals surface area contributed by atoms with Gasteiger partial charge in [0.25, 0.3) is 0 Å². The summed E-state index contributed by atoms with van der Waals surface area (Å²) in [6.45, 7) is 2.72. The Morgan fingerprint density at radius 1 is 1.56 bits per heavy atom. The Balaban J connectivity index is 0.00000162. The van der Waals surface area contributed by atoms with Crippen LogP contribution in [0.4, 0.5) is 11.4 Å². The third-order valence-electron chi connectivity index (χ3n) is 2.97. The van der Waals surface area contributed by atoms with E-state index in [0.29, 0.717) is 12.1 Å². The van der Waals surface area contributed by atoms with E-state index in [9.17, 15) is 4.79 Å². The van der Waals surface area contributed by atoms with Crippen molar-refractivity contribution < 1.29 is 9.53 Å². The summed E-state index contributed by atoms with van der Waals surface area (Å²) in [4.78, 5) is 11.8. The van der Waals surface area contributed by atoms with Gasteiger partial charge in [0.05, 0.1) is 12.5 Å². The molecule has 100 valence electrons. The van der Waals surface area contributed by atoms with Gasteiger partial charge in [-0.1, -0.05) is 6.07 Å². The fraction of sp³-hybridized carbons (Fsp3) is 0.462. The van der Waals surface area contributed by atoms with Gasteiger partial charge in [0.15, 0.2) is 0 Å². The van der Waals surface area contributed by atoms with Crippen molar-refractivity contribution in [3.8, 4) is 0 Å². The summed E-state index contributed by atoms with van der Waals surface area (Å²) < 4.78 is 5.43. The number of aryl methyl sites for hydroxylation is 1. The van der Waals surface area contributed by atoms with Crippen LogP contribution in [0.2, 0.25) is 0 Å². The summed E-state index contributed by atoms with van der Waals surface area (Å²) in [5.74, 6) is -0.00870. The van der Waals surface area contributed by atoms with Crippen molar-refractivity contribution in [2.75, 3.05) is 17.7 Å². The van der Waals surface area contributed by atoms with E-state index < -0.39 is 0 Å². The first-order valence-electron chi connectivity index (χ1n) is 5.93. The molecular weight excluding hydrogens is 252 g/mol. The number of nitrogen functional groups attached to an aromatic ring is 1. The fourth-order valence-electron chi connectivity index (χ4n) is 1.99. The number of nitrogens with two attached hydrogens (primary N) is 1. The van der Waals surface area contributed by atoms with Crippen LogP contribution in [-0.2, 0) is 9.53 Å². The normalized spacial score (nSPS) is 18.2. The SMILES string of the molecule is Cc1ccc(N)cc1NC(=O)CC1CCCO1.Cl. The maximum absolute atomic E-state index is 11.8. The minimum absolute atomic E-state index is 0. The van der Waals surface area contributed by atoms with E-state index in [2.05, 4.69) is 5.32 Å². The average Bonchev–Trinajstić information content (AvgIpc) is 2.76. The van der Waals surface area contributed by atoms with Crippen LogP contribution in [0.5, 0.6) is 0 Å². The van der Waals surface area contributed by atoms with Gasteiger partial charge in [-0.05, 0) is 37.5 Å². The summed E-state index contributed by atoms with van der Waals surface area (Å²) in [7, 11) is 0. The fourth-order valence-corrected chi connectivity index (χ4v) is 1.99. The first-order chi connectivity index (χ1) is 8.15. The van der Waals surface area contributed by atoms with E-state index in [0.717, 1.165) is 30.7 Å². The predicted octanol–water partition coefficient (Wildman–Crippen LogP) is 2.51. The lowest BCUT2D eigenvalue weighted by Gasteiger charge is -2.12. The zero-order chi connectivity index (χ0) is 12.3. The minimum atomic E-state index is -0.00870. The molecule has 0 bridgehead atoms. The van der Waals surface area contributed by atoms with Crippen LogP contribution in [0.3, 0.4) is 0 Å². The first kappa shape index (κ1) is 14.8. The molecule has 1 saturated heterocycles. The van der Waals surface area contributed by atoms with E-state index in [1.807, 2.05) is 19.1 Å². The third-order valence-corrected chi connectivity index (χ3v) is 2.97. The topological polar surface area (TPSA) is 64.3 Å². The molecule has 4 nitrogen and oxygen atoms in total. The quantitative estimate of drug-likeness (QED) is 0.830. The van der Waals surface area contributed by atoms with Crippen molar-refractivity contribution in [3.63, 3.8) is 0 Å². The highest BCUT2D eigenvalue weighted by Crippen LogP contribution is 2.20. The largest absolute Gasteiger partial charge is 0.399 e. The van der Waals surface area contributed by atoms with Gasteiger partial charge in [-0.3, -0.25) is 4.79 Å². The molecule has 1 amide bonds. The standard InChI is InChI=1S/C13H18N2O2.ClH/c1-9-4-5-10(14)7-12(9)15-13(16)8-11-3-2-6-17-11;/h4-5,7,11H,2-3,6,8,14H2,1H3,(H,15,16);1H. The van der Waals surface area contributed by atoms with Crippen molar-refractivity contribution in [1.29, 1.82) is 0 Å². The van der Waals surface area contributed by atoms with Crippen LogP contribution in [0.1, 0.15) is 24.8 Å². The number of anilines is 2. The molecule has 3 N–H and O–H groups in total. The number of carbonyl (C=O) groups excluding carboxylic acids is 1. The lowest BCUT2D eigenvalue weighted by Crippen LogP contribution is -2.19. The second kappa shape index (κ2) is 6.61. The number of hydrogen-bond acceptors (Lipinski definition) is 3. The second-order valence-corrected chi connectivity index (χ2v) is 4.46. The molecule has 1 fully saturated rings. The van der Waals surface area contributed by atoms with Gasteiger partial charge in [0, 0.05) is 18.0 Å². The van der Waals surface area contributed by atoms with Crippen molar-refractivity contribution in [3.05, 3.63) is 23.8 Å². The van der Waals surface area contributed by atoms with Crippen LogP contribution >= 0.6 is 12.4 Å². The smallest absolute Gasteiger partial charge is 0.226 e. The van der Waals surface area contributed by atoms with E-state index in [1.165, 1.54) is 0 Å². The van der Waals surface area contributed by atoms with Gasteiger partial charge >= 0.3 is 0 Å². The Hall–Kier alpha value is -1.26.